The topological polar surface area (TPSA) is 85.4 Å². The molecule has 1 fully saturated rings. The van der Waals surface area contributed by atoms with E-state index < -0.39 is 10.0 Å². The molecule has 9 heteroatoms. The molecule has 0 N–H and O–H groups in total. The highest BCUT2D eigenvalue weighted by Crippen LogP contribution is 2.33. The minimum absolute atomic E-state index is 0.308. The fourth-order valence-corrected chi connectivity index (χ4v) is 5.72. The smallest absolute Gasteiger partial charge is 0.243 e. The Labute approximate surface area is 168 Å². The molecule has 4 heterocycles. The van der Waals surface area contributed by atoms with Crippen molar-refractivity contribution < 1.29 is 8.42 Å². The molecule has 1 aliphatic rings. The molecule has 3 aromatic heterocycles. The number of piperidine rings is 1. The van der Waals surface area contributed by atoms with Crippen molar-refractivity contribution in [1.82, 2.24) is 28.5 Å². The fourth-order valence-electron chi connectivity index (χ4n) is 4.23. The molecule has 1 aromatic carbocycles. The van der Waals surface area contributed by atoms with Crippen LogP contribution in [0.5, 0.6) is 0 Å². The molecule has 8 nitrogen and oxygen atoms in total. The largest absolute Gasteiger partial charge is 0.334 e. The van der Waals surface area contributed by atoms with Crippen LogP contribution in [0, 0.1) is 6.92 Å². The monoisotopic (exact) mass is 410 g/mol. The van der Waals surface area contributed by atoms with E-state index in [-0.39, 0.29) is 0 Å². The number of imidazole rings is 1. The molecule has 4 aromatic rings. The van der Waals surface area contributed by atoms with Crippen LogP contribution in [-0.4, -0.2) is 50.0 Å². The summed E-state index contributed by atoms with van der Waals surface area (Å²) in [6.07, 6.45) is 6.84. The van der Waals surface area contributed by atoms with Gasteiger partial charge in [-0.15, -0.1) is 0 Å². The van der Waals surface area contributed by atoms with Gasteiger partial charge in [0, 0.05) is 26.3 Å². The van der Waals surface area contributed by atoms with Crippen LogP contribution in [0.3, 0.4) is 0 Å². The zero-order chi connectivity index (χ0) is 20.2. The van der Waals surface area contributed by atoms with Gasteiger partial charge in [-0.3, -0.25) is 0 Å². The zero-order valence-corrected chi connectivity index (χ0v) is 17.2. The Morgan fingerprint density at radius 3 is 2.69 bits per heavy atom. The number of benzene rings is 1. The second kappa shape index (κ2) is 6.64. The van der Waals surface area contributed by atoms with Gasteiger partial charge in [0.15, 0.2) is 5.65 Å². The number of rotatable bonds is 3. The van der Waals surface area contributed by atoms with Gasteiger partial charge in [-0.2, -0.15) is 9.40 Å². The SMILES string of the molecule is Cc1cc2ncnn2cc1C1CCN(S(=O)(=O)c2ccc3c(c2)ncn3C)CC1. The van der Waals surface area contributed by atoms with Gasteiger partial charge in [0.1, 0.15) is 6.33 Å². The molecule has 0 unspecified atom stereocenters. The molecule has 5 rings (SSSR count). The first kappa shape index (κ1) is 18.3. The fraction of sp³-hybridized carbons (Fsp3) is 0.350. The molecule has 0 spiro atoms. The molecule has 29 heavy (non-hydrogen) atoms. The Balaban J connectivity index is 1.37. The van der Waals surface area contributed by atoms with Crippen molar-refractivity contribution in [3.63, 3.8) is 0 Å². The lowest BCUT2D eigenvalue weighted by Gasteiger charge is -2.32. The Kier molecular flexibility index (Phi) is 4.18. The maximum atomic E-state index is 13.2. The van der Waals surface area contributed by atoms with Crippen LogP contribution >= 0.6 is 0 Å². The molecule has 0 bridgehead atoms. The van der Waals surface area contributed by atoms with Crippen molar-refractivity contribution in [1.29, 1.82) is 0 Å². The average molecular weight is 411 g/mol. The van der Waals surface area contributed by atoms with E-state index >= 15 is 0 Å². The minimum atomic E-state index is -3.53. The van der Waals surface area contributed by atoms with Crippen LogP contribution in [0.4, 0.5) is 0 Å². The number of hydrogen-bond acceptors (Lipinski definition) is 5. The van der Waals surface area contributed by atoms with Crippen LogP contribution in [0.2, 0.25) is 0 Å². The van der Waals surface area contributed by atoms with E-state index in [1.165, 1.54) is 11.1 Å². The van der Waals surface area contributed by atoms with Gasteiger partial charge < -0.3 is 4.57 Å². The van der Waals surface area contributed by atoms with E-state index in [0.717, 1.165) is 24.0 Å². The first-order valence-corrected chi connectivity index (χ1v) is 11.1. The highest BCUT2D eigenvalue weighted by molar-refractivity contribution is 7.89. The Morgan fingerprint density at radius 2 is 1.90 bits per heavy atom. The highest BCUT2D eigenvalue weighted by Gasteiger charge is 2.31. The third-order valence-corrected chi connectivity index (χ3v) is 7.79. The molecule has 1 aliphatic heterocycles. The third kappa shape index (κ3) is 3.01. The van der Waals surface area contributed by atoms with Crippen LogP contribution in [0.15, 0.2) is 48.0 Å². The summed E-state index contributed by atoms with van der Waals surface area (Å²) in [5.74, 6) is 0.313. The van der Waals surface area contributed by atoms with Crippen LogP contribution in [0.1, 0.15) is 29.9 Å². The van der Waals surface area contributed by atoms with Crippen molar-refractivity contribution in [3.05, 3.63) is 54.2 Å². The minimum Gasteiger partial charge on any atom is -0.334 e. The van der Waals surface area contributed by atoms with Crippen molar-refractivity contribution in [3.8, 4) is 0 Å². The Morgan fingerprint density at radius 1 is 1.10 bits per heavy atom. The predicted molar refractivity (Wildman–Crippen MR) is 109 cm³/mol. The van der Waals surface area contributed by atoms with Crippen LogP contribution < -0.4 is 0 Å². The first-order chi connectivity index (χ1) is 13.9. The molecule has 0 atom stereocenters. The summed E-state index contributed by atoms with van der Waals surface area (Å²) in [5, 5.41) is 4.23. The molecule has 0 radical (unpaired) electrons. The number of fused-ring (bicyclic) bond motifs is 2. The standard InChI is InChI=1S/C20H22N6O2S/c1-14-9-20-21-12-23-26(20)11-17(14)15-5-7-25(8-6-15)29(27,28)16-3-4-19-18(10-16)22-13-24(19)2/h3-4,9-13,15H,5-8H2,1-2H3. The quantitative estimate of drug-likeness (QED) is 0.518. The lowest BCUT2D eigenvalue weighted by atomic mass is 9.89. The van der Waals surface area contributed by atoms with Gasteiger partial charge in [0.2, 0.25) is 10.0 Å². The number of aromatic nitrogens is 5. The maximum Gasteiger partial charge on any atom is 0.243 e. The van der Waals surface area contributed by atoms with Crippen molar-refractivity contribution in [2.24, 2.45) is 7.05 Å². The summed E-state index contributed by atoms with van der Waals surface area (Å²) in [5.41, 5.74) is 4.83. The number of aryl methyl sites for hydroxylation is 2. The molecule has 150 valence electrons. The van der Waals surface area contributed by atoms with E-state index in [0.29, 0.717) is 29.4 Å². The molecule has 0 saturated carbocycles. The number of nitrogens with zero attached hydrogens (tertiary/aromatic N) is 6. The summed E-state index contributed by atoms with van der Waals surface area (Å²) in [6.45, 7) is 3.08. The predicted octanol–water partition coefficient (Wildman–Crippen LogP) is 2.49. The number of hydrogen-bond donors (Lipinski definition) is 0. The van der Waals surface area contributed by atoms with Gasteiger partial charge in [-0.25, -0.2) is 22.9 Å². The van der Waals surface area contributed by atoms with Gasteiger partial charge >= 0.3 is 0 Å². The van der Waals surface area contributed by atoms with Crippen molar-refractivity contribution >= 4 is 26.7 Å². The Bertz CT molecular complexity index is 1320. The van der Waals surface area contributed by atoms with E-state index in [1.807, 2.05) is 29.9 Å². The van der Waals surface area contributed by atoms with Crippen LogP contribution in [-0.2, 0) is 17.1 Å². The molecule has 1 saturated heterocycles. The second-order valence-electron chi connectivity index (χ2n) is 7.66. The maximum absolute atomic E-state index is 13.2. The number of sulfonamides is 1. The van der Waals surface area contributed by atoms with E-state index in [2.05, 4.69) is 22.0 Å². The lowest BCUT2D eigenvalue weighted by molar-refractivity contribution is 0.318. The zero-order valence-electron chi connectivity index (χ0n) is 16.4. The lowest BCUT2D eigenvalue weighted by Crippen LogP contribution is -2.38. The normalized spacial score (nSPS) is 16.8. The van der Waals surface area contributed by atoms with Gasteiger partial charge in [-0.05, 0) is 61.1 Å². The molecule has 0 aliphatic carbocycles. The highest BCUT2D eigenvalue weighted by atomic mass is 32.2. The van der Waals surface area contributed by atoms with Crippen molar-refractivity contribution in [2.75, 3.05) is 13.1 Å². The number of pyridine rings is 1. The molecular weight excluding hydrogens is 388 g/mol. The molecular formula is C20H22N6O2S. The van der Waals surface area contributed by atoms with Gasteiger partial charge in [0.05, 0.1) is 22.3 Å². The van der Waals surface area contributed by atoms with E-state index in [9.17, 15) is 8.42 Å². The third-order valence-electron chi connectivity index (χ3n) is 5.89. The summed E-state index contributed by atoms with van der Waals surface area (Å²) in [7, 11) is -1.63. The van der Waals surface area contributed by atoms with E-state index in [1.54, 1.807) is 33.6 Å². The summed E-state index contributed by atoms with van der Waals surface area (Å²) in [6, 6.07) is 7.19. The van der Waals surface area contributed by atoms with Gasteiger partial charge in [0.25, 0.3) is 0 Å². The van der Waals surface area contributed by atoms with Crippen molar-refractivity contribution in [2.45, 2.75) is 30.6 Å². The second-order valence-corrected chi connectivity index (χ2v) is 9.60. The first-order valence-electron chi connectivity index (χ1n) is 9.64. The summed E-state index contributed by atoms with van der Waals surface area (Å²) in [4.78, 5) is 8.82. The summed E-state index contributed by atoms with van der Waals surface area (Å²) < 4.78 is 31.6. The average Bonchev–Trinajstić information content (AvgIpc) is 3.33. The van der Waals surface area contributed by atoms with Crippen LogP contribution in [0.25, 0.3) is 16.7 Å². The molecule has 0 amide bonds. The van der Waals surface area contributed by atoms with Gasteiger partial charge in [-0.1, -0.05) is 0 Å². The summed E-state index contributed by atoms with van der Waals surface area (Å²) >= 11 is 0. The Hall–Kier alpha value is -2.78. The van der Waals surface area contributed by atoms with E-state index in [4.69, 9.17) is 0 Å².